The Kier molecular flexibility index (Phi) is 1.51. The molecule has 0 aromatic carbocycles. The molecule has 0 aliphatic heterocycles. The van der Waals surface area contributed by atoms with Crippen molar-refractivity contribution in [3.05, 3.63) is 30.4 Å². The van der Waals surface area contributed by atoms with Crippen LogP contribution >= 0.6 is 0 Å². The molecule has 0 spiro atoms. The van der Waals surface area contributed by atoms with Gasteiger partial charge in [0.2, 0.25) is 0 Å². The molecular formula is C8H5N3O. The topological polar surface area (TPSA) is 55.7 Å². The van der Waals surface area contributed by atoms with E-state index >= 15 is 0 Å². The number of aromatic nitrogens is 3. The van der Waals surface area contributed by atoms with E-state index in [4.69, 9.17) is 0 Å². The van der Waals surface area contributed by atoms with E-state index in [1.165, 1.54) is 0 Å². The van der Waals surface area contributed by atoms with Crippen LogP contribution in [0.5, 0.6) is 0 Å². The minimum absolute atomic E-state index is 0.168. The first-order chi connectivity index (χ1) is 5.90. The average molecular weight is 159 g/mol. The normalized spacial score (nSPS) is 10.0. The predicted molar refractivity (Wildman–Crippen MR) is 42.7 cm³/mol. The van der Waals surface area contributed by atoms with Crippen molar-refractivity contribution in [3.8, 4) is 0 Å². The van der Waals surface area contributed by atoms with Crippen molar-refractivity contribution < 1.29 is 4.79 Å². The summed E-state index contributed by atoms with van der Waals surface area (Å²) in [5.74, 6) is 0.168. The molecule has 58 valence electrons. The van der Waals surface area contributed by atoms with Crippen LogP contribution in [-0.4, -0.2) is 21.2 Å². The lowest BCUT2D eigenvalue weighted by molar-refractivity contribution is 0.111. The fourth-order valence-corrected chi connectivity index (χ4v) is 0.933. The van der Waals surface area contributed by atoms with E-state index in [0.717, 1.165) is 5.39 Å². The largest absolute Gasteiger partial charge is 0.294 e. The van der Waals surface area contributed by atoms with Gasteiger partial charge in [-0.3, -0.25) is 4.79 Å². The minimum Gasteiger partial charge on any atom is -0.294 e. The number of nitrogens with zero attached hydrogens (tertiary/aromatic N) is 3. The number of carbonyl (C=O) groups excluding carboxylic acids is 1. The lowest BCUT2D eigenvalue weighted by Crippen LogP contribution is -1.93. The molecule has 0 aliphatic carbocycles. The van der Waals surface area contributed by atoms with Gasteiger partial charge in [0, 0.05) is 17.8 Å². The third-order valence-electron chi connectivity index (χ3n) is 1.48. The summed E-state index contributed by atoms with van der Waals surface area (Å²) in [6.45, 7) is 0. The second kappa shape index (κ2) is 2.65. The molecule has 0 amide bonds. The SMILES string of the molecule is O=Cc1ncc2cccnc2n1. The molecule has 12 heavy (non-hydrogen) atoms. The molecule has 0 N–H and O–H groups in total. The molecule has 0 radical (unpaired) electrons. The second-order valence-electron chi connectivity index (χ2n) is 2.26. The molecule has 0 saturated carbocycles. The zero-order chi connectivity index (χ0) is 8.39. The van der Waals surface area contributed by atoms with Crippen LogP contribution in [0.25, 0.3) is 11.0 Å². The van der Waals surface area contributed by atoms with Gasteiger partial charge in [-0.05, 0) is 12.1 Å². The standard InChI is InChI=1S/C8H5N3O/c12-5-7-10-4-6-2-1-3-9-8(6)11-7/h1-5H. The number of carbonyl (C=O) groups is 1. The monoisotopic (exact) mass is 159 g/mol. The lowest BCUT2D eigenvalue weighted by atomic mass is 10.3. The molecule has 2 aromatic rings. The first kappa shape index (κ1) is 6.84. The van der Waals surface area contributed by atoms with E-state index in [2.05, 4.69) is 15.0 Å². The Morgan fingerprint density at radius 1 is 1.33 bits per heavy atom. The van der Waals surface area contributed by atoms with Gasteiger partial charge in [0.05, 0.1) is 0 Å². The van der Waals surface area contributed by atoms with Crippen LogP contribution < -0.4 is 0 Å². The number of pyridine rings is 1. The Balaban J connectivity index is 2.75. The molecule has 2 aromatic heterocycles. The second-order valence-corrected chi connectivity index (χ2v) is 2.26. The van der Waals surface area contributed by atoms with Crippen LogP contribution in [0.4, 0.5) is 0 Å². The van der Waals surface area contributed by atoms with E-state index in [1.807, 2.05) is 6.07 Å². The maximum Gasteiger partial charge on any atom is 0.194 e. The fourth-order valence-electron chi connectivity index (χ4n) is 0.933. The van der Waals surface area contributed by atoms with Crippen molar-refractivity contribution in [2.75, 3.05) is 0 Å². The molecule has 4 heteroatoms. The van der Waals surface area contributed by atoms with E-state index in [9.17, 15) is 4.79 Å². The van der Waals surface area contributed by atoms with E-state index in [1.54, 1.807) is 18.5 Å². The summed E-state index contributed by atoms with van der Waals surface area (Å²) in [5.41, 5.74) is 0.551. The highest BCUT2D eigenvalue weighted by Crippen LogP contribution is 2.04. The van der Waals surface area contributed by atoms with Crippen LogP contribution in [0.1, 0.15) is 10.6 Å². The van der Waals surface area contributed by atoms with Crippen molar-refractivity contribution in [1.82, 2.24) is 15.0 Å². The fraction of sp³-hybridized carbons (Fsp3) is 0. The van der Waals surface area contributed by atoms with Gasteiger partial charge < -0.3 is 0 Å². The number of hydrogen-bond acceptors (Lipinski definition) is 4. The van der Waals surface area contributed by atoms with Crippen molar-refractivity contribution >= 4 is 17.3 Å². The quantitative estimate of drug-likeness (QED) is 0.578. The first-order valence-electron chi connectivity index (χ1n) is 3.43. The maximum atomic E-state index is 10.3. The highest BCUT2D eigenvalue weighted by atomic mass is 16.1. The van der Waals surface area contributed by atoms with Crippen molar-refractivity contribution in [2.24, 2.45) is 0 Å². The maximum absolute atomic E-state index is 10.3. The molecule has 0 atom stereocenters. The van der Waals surface area contributed by atoms with Crippen LogP contribution in [0, 0.1) is 0 Å². The average Bonchev–Trinajstić information content (AvgIpc) is 2.17. The Morgan fingerprint density at radius 3 is 3.08 bits per heavy atom. The third kappa shape index (κ3) is 1.03. The van der Waals surface area contributed by atoms with Gasteiger partial charge in [-0.1, -0.05) is 0 Å². The smallest absolute Gasteiger partial charge is 0.194 e. The van der Waals surface area contributed by atoms with E-state index < -0.39 is 0 Å². The summed E-state index contributed by atoms with van der Waals surface area (Å²) in [6, 6.07) is 3.64. The highest BCUT2D eigenvalue weighted by molar-refractivity contribution is 5.77. The van der Waals surface area contributed by atoms with Gasteiger partial charge in [-0.25, -0.2) is 15.0 Å². The van der Waals surface area contributed by atoms with Crippen molar-refractivity contribution in [1.29, 1.82) is 0 Å². The molecule has 4 nitrogen and oxygen atoms in total. The molecule has 0 fully saturated rings. The van der Waals surface area contributed by atoms with E-state index in [-0.39, 0.29) is 5.82 Å². The molecular weight excluding hydrogens is 154 g/mol. The number of aldehydes is 1. The van der Waals surface area contributed by atoms with Gasteiger partial charge in [0.25, 0.3) is 0 Å². The number of rotatable bonds is 1. The molecule has 0 unspecified atom stereocenters. The van der Waals surface area contributed by atoms with Crippen LogP contribution in [0.3, 0.4) is 0 Å². The van der Waals surface area contributed by atoms with Crippen LogP contribution in [-0.2, 0) is 0 Å². The number of hydrogen-bond donors (Lipinski definition) is 0. The van der Waals surface area contributed by atoms with Gasteiger partial charge >= 0.3 is 0 Å². The molecule has 0 saturated heterocycles. The summed E-state index contributed by atoms with van der Waals surface area (Å²) in [6.07, 6.45) is 3.82. The summed E-state index contributed by atoms with van der Waals surface area (Å²) in [4.78, 5) is 22.0. The lowest BCUT2D eigenvalue weighted by Gasteiger charge is -1.93. The van der Waals surface area contributed by atoms with Gasteiger partial charge in [0.1, 0.15) is 0 Å². The summed E-state index contributed by atoms with van der Waals surface area (Å²) >= 11 is 0. The molecule has 2 heterocycles. The Bertz CT molecular complexity index is 427. The van der Waals surface area contributed by atoms with Crippen LogP contribution in [0.2, 0.25) is 0 Å². The van der Waals surface area contributed by atoms with Gasteiger partial charge in [-0.2, -0.15) is 0 Å². The summed E-state index contributed by atoms with van der Waals surface area (Å²) in [5, 5.41) is 0.836. The minimum atomic E-state index is 0.168. The number of fused-ring (bicyclic) bond motifs is 1. The van der Waals surface area contributed by atoms with Crippen LogP contribution in [0.15, 0.2) is 24.5 Å². The molecule has 0 aliphatic rings. The Labute approximate surface area is 68.3 Å². The van der Waals surface area contributed by atoms with E-state index in [0.29, 0.717) is 11.9 Å². The predicted octanol–water partition coefficient (Wildman–Crippen LogP) is 0.837. The molecule has 0 bridgehead atoms. The van der Waals surface area contributed by atoms with Crippen molar-refractivity contribution in [3.63, 3.8) is 0 Å². The zero-order valence-electron chi connectivity index (χ0n) is 6.14. The van der Waals surface area contributed by atoms with Crippen molar-refractivity contribution in [2.45, 2.75) is 0 Å². The van der Waals surface area contributed by atoms with Gasteiger partial charge in [-0.15, -0.1) is 0 Å². The Morgan fingerprint density at radius 2 is 2.25 bits per heavy atom. The Hall–Kier alpha value is -1.84. The summed E-state index contributed by atoms with van der Waals surface area (Å²) < 4.78 is 0. The van der Waals surface area contributed by atoms with Gasteiger partial charge in [0.15, 0.2) is 17.8 Å². The zero-order valence-corrected chi connectivity index (χ0v) is 6.14. The highest BCUT2D eigenvalue weighted by Gasteiger charge is 1.97. The first-order valence-corrected chi connectivity index (χ1v) is 3.43. The molecule has 2 rings (SSSR count). The summed E-state index contributed by atoms with van der Waals surface area (Å²) in [7, 11) is 0. The third-order valence-corrected chi connectivity index (χ3v) is 1.48.